The molecule has 0 saturated carbocycles. The first-order chi connectivity index (χ1) is 10.4. The second-order valence-corrected chi connectivity index (χ2v) is 6.63. The summed E-state index contributed by atoms with van der Waals surface area (Å²) in [7, 11) is 0. The molecule has 1 aromatic carbocycles. The van der Waals surface area contributed by atoms with Crippen molar-refractivity contribution >= 4 is 5.91 Å². The van der Waals surface area contributed by atoms with Crippen LogP contribution in [0.5, 0.6) is 5.75 Å². The second-order valence-electron chi connectivity index (χ2n) is 6.63. The Kier molecular flexibility index (Phi) is 5.46. The topological polar surface area (TPSA) is 55.6 Å². The maximum atomic E-state index is 12.3. The third-order valence-electron chi connectivity index (χ3n) is 4.45. The molecule has 2 rings (SSSR count). The lowest BCUT2D eigenvalue weighted by Crippen LogP contribution is -2.50. The van der Waals surface area contributed by atoms with Gasteiger partial charge >= 0.3 is 0 Å². The monoisotopic (exact) mass is 304 g/mol. The van der Waals surface area contributed by atoms with Gasteiger partial charge in [0.15, 0.2) is 0 Å². The molecular formula is C18H28N2O2. The molecule has 1 atom stereocenters. The lowest BCUT2D eigenvalue weighted by molar-refractivity contribution is -0.135. The largest absolute Gasteiger partial charge is 0.490 e. The van der Waals surface area contributed by atoms with E-state index >= 15 is 0 Å². The number of likely N-dealkylation sites (tertiary alicyclic amines) is 1. The first-order valence-corrected chi connectivity index (χ1v) is 8.17. The fourth-order valence-electron chi connectivity index (χ4n) is 2.84. The van der Waals surface area contributed by atoms with E-state index in [-0.39, 0.29) is 17.9 Å². The van der Waals surface area contributed by atoms with Crippen LogP contribution in [0, 0.1) is 19.8 Å². The highest BCUT2D eigenvalue weighted by atomic mass is 16.5. The van der Waals surface area contributed by atoms with Crippen molar-refractivity contribution in [2.24, 2.45) is 11.7 Å². The molecule has 2 N–H and O–H groups in total. The number of amides is 1. The third-order valence-corrected chi connectivity index (χ3v) is 4.45. The van der Waals surface area contributed by atoms with Crippen molar-refractivity contribution in [1.82, 2.24) is 4.90 Å². The summed E-state index contributed by atoms with van der Waals surface area (Å²) in [5, 5.41) is 0. The summed E-state index contributed by atoms with van der Waals surface area (Å²) in [6.45, 7) is 9.58. The maximum Gasteiger partial charge on any atom is 0.239 e. The van der Waals surface area contributed by atoms with Gasteiger partial charge in [0, 0.05) is 25.9 Å². The van der Waals surface area contributed by atoms with Gasteiger partial charge in [-0.1, -0.05) is 32.0 Å². The van der Waals surface area contributed by atoms with Crippen LogP contribution in [0.3, 0.4) is 0 Å². The minimum absolute atomic E-state index is 0.0699. The molecular weight excluding hydrogens is 276 g/mol. The van der Waals surface area contributed by atoms with Gasteiger partial charge in [-0.25, -0.2) is 0 Å². The minimum atomic E-state index is -0.393. The Morgan fingerprint density at radius 1 is 1.23 bits per heavy atom. The number of hydrogen-bond acceptors (Lipinski definition) is 3. The van der Waals surface area contributed by atoms with Gasteiger partial charge in [0.2, 0.25) is 5.91 Å². The number of nitrogens with two attached hydrogens (primary N) is 1. The van der Waals surface area contributed by atoms with E-state index in [9.17, 15) is 4.79 Å². The zero-order valence-corrected chi connectivity index (χ0v) is 14.1. The number of nitrogens with zero attached hydrogens (tertiary/aromatic N) is 1. The fourth-order valence-corrected chi connectivity index (χ4v) is 2.84. The molecule has 1 saturated heterocycles. The number of ether oxygens (including phenoxy) is 1. The molecule has 1 aromatic rings. The highest BCUT2D eigenvalue weighted by molar-refractivity contribution is 5.82. The van der Waals surface area contributed by atoms with Crippen LogP contribution in [0.25, 0.3) is 0 Å². The Morgan fingerprint density at radius 3 is 2.27 bits per heavy atom. The first kappa shape index (κ1) is 16.8. The quantitative estimate of drug-likeness (QED) is 0.930. The van der Waals surface area contributed by atoms with Crippen molar-refractivity contribution in [3.63, 3.8) is 0 Å². The van der Waals surface area contributed by atoms with E-state index in [1.165, 1.54) is 11.1 Å². The van der Waals surface area contributed by atoms with Crippen molar-refractivity contribution in [3.8, 4) is 5.75 Å². The standard InChI is InChI=1S/C18H28N2O2/c1-12(2)16(19)18(21)20-10-8-15(9-11-20)22-17-13(3)6-5-7-14(17)4/h5-7,12,15-16H,8-11,19H2,1-4H3. The summed E-state index contributed by atoms with van der Waals surface area (Å²) in [6.07, 6.45) is 1.91. The van der Waals surface area contributed by atoms with Crippen LogP contribution in [0.15, 0.2) is 18.2 Å². The van der Waals surface area contributed by atoms with Crippen molar-refractivity contribution in [2.75, 3.05) is 13.1 Å². The zero-order valence-electron chi connectivity index (χ0n) is 14.1. The van der Waals surface area contributed by atoms with Gasteiger partial charge in [0.25, 0.3) is 0 Å². The summed E-state index contributed by atoms with van der Waals surface area (Å²) in [6, 6.07) is 5.80. The van der Waals surface area contributed by atoms with Gasteiger partial charge in [0.05, 0.1) is 6.04 Å². The molecule has 0 radical (unpaired) electrons. The lowest BCUT2D eigenvalue weighted by Gasteiger charge is -2.34. The molecule has 4 heteroatoms. The van der Waals surface area contributed by atoms with E-state index in [0.717, 1.165) is 31.7 Å². The van der Waals surface area contributed by atoms with Gasteiger partial charge in [0.1, 0.15) is 11.9 Å². The normalized spacial score (nSPS) is 17.6. The number of carbonyl (C=O) groups is 1. The average molecular weight is 304 g/mol. The van der Waals surface area contributed by atoms with Crippen LogP contribution >= 0.6 is 0 Å². The Morgan fingerprint density at radius 2 is 1.77 bits per heavy atom. The van der Waals surface area contributed by atoms with Crippen molar-refractivity contribution in [3.05, 3.63) is 29.3 Å². The summed E-state index contributed by atoms with van der Waals surface area (Å²) in [5.41, 5.74) is 8.30. The molecule has 1 fully saturated rings. The number of piperidine rings is 1. The number of hydrogen-bond donors (Lipinski definition) is 1. The van der Waals surface area contributed by atoms with Crippen LogP contribution in [0.4, 0.5) is 0 Å². The van der Waals surface area contributed by atoms with Crippen LogP contribution < -0.4 is 10.5 Å². The summed E-state index contributed by atoms with van der Waals surface area (Å²) >= 11 is 0. The number of rotatable bonds is 4. The van der Waals surface area contributed by atoms with Gasteiger partial charge in [-0.3, -0.25) is 4.79 Å². The molecule has 22 heavy (non-hydrogen) atoms. The third kappa shape index (κ3) is 3.80. The molecule has 0 aliphatic carbocycles. The zero-order chi connectivity index (χ0) is 16.3. The van der Waals surface area contributed by atoms with Crippen LogP contribution in [0.1, 0.15) is 37.8 Å². The SMILES string of the molecule is Cc1cccc(C)c1OC1CCN(C(=O)C(N)C(C)C)CC1. The maximum absolute atomic E-state index is 12.3. The predicted octanol–water partition coefficient (Wildman–Crippen LogP) is 2.66. The molecule has 1 amide bonds. The molecule has 4 nitrogen and oxygen atoms in total. The second kappa shape index (κ2) is 7.14. The van der Waals surface area contributed by atoms with E-state index in [1.54, 1.807) is 0 Å². The molecule has 0 spiro atoms. The van der Waals surface area contributed by atoms with E-state index in [1.807, 2.05) is 24.8 Å². The van der Waals surface area contributed by atoms with E-state index in [0.29, 0.717) is 0 Å². The van der Waals surface area contributed by atoms with Crippen molar-refractivity contribution in [2.45, 2.75) is 52.7 Å². The van der Waals surface area contributed by atoms with Crippen LogP contribution in [0.2, 0.25) is 0 Å². The summed E-state index contributed by atoms with van der Waals surface area (Å²) in [4.78, 5) is 14.2. The molecule has 1 heterocycles. The highest BCUT2D eigenvalue weighted by Gasteiger charge is 2.28. The number of benzene rings is 1. The molecule has 0 bridgehead atoms. The van der Waals surface area contributed by atoms with Crippen LogP contribution in [-0.2, 0) is 4.79 Å². The Balaban J connectivity index is 1.91. The number of para-hydroxylation sites is 1. The van der Waals surface area contributed by atoms with Gasteiger partial charge in [-0.15, -0.1) is 0 Å². The fraction of sp³-hybridized carbons (Fsp3) is 0.611. The summed E-state index contributed by atoms with van der Waals surface area (Å²) in [5.74, 6) is 1.24. The smallest absolute Gasteiger partial charge is 0.239 e. The average Bonchev–Trinajstić information content (AvgIpc) is 2.50. The lowest BCUT2D eigenvalue weighted by atomic mass is 10.0. The van der Waals surface area contributed by atoms with Crippen molar-refractivity contribution < 1.29 is 9.53 Å². The molecule has 1 aliphatic rings. The van der Waals surface area contributed by atoms with Crippen molar-refractivity contribution in [1.29, 1.82) is 0 Å². The van der Waals surface area contributed by atoms with E-state index in [2.05, 4.69) is 26.0 Å². The molecule has 1 unspecified atom stereocenters. The number of carbonyl (C=O) groups excluding carboxylic acids is 1. The first-order valence-electron chi connectivity index (χ1n) is 8.17. The Bertz CT molecular complexity index is 500. The summed E-state index contributed by atoms with van der Waals surface area (Å²) < 4.78 is 6.18. The molecule has 0 aromatic heterocycles. The molecule has 122 valence electrons. The Labute approximate surface area is 133 Å². The van der Waals surface area contributed by atoms with Gasteiger partial charge in [-0.05, 0) is 30.9 Å². The van der Waals surface area contributed by atoms with E-state index in [4.69, 9.17) is 10.5 Å². The molecule has 1 aliphatic heterocycles. The Hall–Kier alpha value is -1.55. The van der Waals surface area contributed by atoms with Gasteiger partial charge in [-0.2, -0.15) is 0 Å². The number of aryl methyl sites for hydroxylation is 2. The van der Waals surface area contributed by atoms with Gasteiger partial charge < -0.3 is 15.4 Å². The highest BCUT2D eigenvalue weighted by Crippen LogP contribution is 2.26. The van der Waals surface area contributed by atoms with Crippen LogP contribution in [-0.4, -0.2) is 36.0 Å². The predicted molar refractivity (Wildman–Crippen MR) is 89.0 cm³/mol. The van der Waals surface area contributed by atoms with E-state index < -0.39 is 6.04 Å². The minimum Gasteiger partial charge on any atom is -0.490 e.